The summed E-state index contributed by atoms with van der Waals surface area (Å²) < 4.78 is 0. The second kappa shape index (κ2) is 11.5. The molecule has 0 bridgehead atoms. The number of amides is 1. The number of nitrogens with two attached hydrogens (primary N) is 1. The number of allylic oxidation sites excluding steroid dienone is 1. The minimum Gasteiger partial charge on any atom is -0.403 e. The summed E-state index contributed by atoms with van der Waals surface area (Å²) in [7, 11) is 1.67. The number of rotatable bonds is 7. The van der Waals surface area contributed by atoms with Crippen LogP contribution in [-0.4, -0.2) is 46.0 Å². The van der Waals surface area contributed by atoms with Crippen LogP contribution < -0.4 is 21.3 Å². The van der Waals surface area contributed by atoms with E-state index in [1.54, 1.807) is 25.7 Å². The molecule has 200 valence electrons. The molecule has 0 radical (unpaired) electrons. The number of aromatic nitrogens is 3. The van der Waals surface area contributed by atoms with Gasteiger partial charge in [0.15, 0.2) is 0 Å². The summed E-state index contributed by atoms with van der Waals surface area (Å²) in [5, 5.41) is 7.26. The van der Waals surface area contributed by atoms with Crippen LogP contribution in [0.15, 0.2) is 53.5 Å². The number of anilines is 2. The molecule has 0 spiro atoms. The Morgan fingerprint density at radius 3 is 2.76 bits per heavy atom. The average molecular weight is 551 g/mol. The van der Waals surface area contributed by atoms with Crippen LogP contribution in [0.5, 0.6) is 0 Å². The van der Waals surface area contributed by atoms with Crippen LogP contribution in [0.3, 0.4) is 0 Å². The molecule has 0 fully saturated rings. The van der Waals surface area contributed by atoms with E-state index in [-0.39, 0.29) is 22.7 Å². The molecular formula is C27H34N8OS2. The van der Waals surface area contributed by atoms with Crippen LogP contribution in [-0.2, 0) is 5.41 Å². The van der Waals surface area contributed by atoms with E-state index in [0.29, 0.717) is 16.5 Å². The fraction of sp³-hybridized carbons (Fsp3) is 0.370. The number of nitrogens with one attached hydrogen (secondary N) is 2. The predicted molar refractivity (Wildman–Crippen MR) is 159 cm³/mol. The van der Waals surface area contributed by atoms with E-state index in [0.717, 1.165) is 40.5 Å². The number of hydrogen-bond donors (Lipinski definition) is 4. The quantitative estimate of drug-likeness (QED) is 0.247. The van der Waals surface area contributed by atoms with Crippen LogP contribution >= 0.6 is 24.0 Å². The van der Waals surface area contributed by atoms with Crippen molar-refractivity contribution in [1.29, 1.82) is 0 Å². The highest BCUT2D eigenvalue weighted by molar-refractivity contribution is 7.81. The Bertz CT molecular complexity index is 1360. The summed E-state index contributed by atoms with van der Waals surface area (Å²) in [6.07, 6.45) is 7.17. The van der Waals surface area contributed by atoms with Gasteiger partial charge in [-0.15, -0.1) is 11.3 Å². The molecule has 11 heteroatoms. The highest BCUT2D eigenvalue weighted by atomic mass is 32.1. The molecule has 0 aliphatic carbocycles. The first kappa shape index (κ1) is 27.6. The van der Waals surface area contributed by atoms with E-state index in [9.17, 15) is 4.79 Å². The fourth-order valence-electron chi connectivity index (χ4n) is 4.25. The monoisotopic (exact) mass is 550 g/mol. The Morgan fingerprint density at radius 1 is 1.32 bits per heavy atom. The summed E-state index contributed by atoms with van der Waals surface area (Å²) in [6.45, 7) is 9.10. The van der Waals surface area contributed by atoms with E-state index in [4.69, 9.17) is 18.4 Å². The molecule has 38 heavy (non-hydrogen) atoms. The lowest BCUT2D eigenvalue weighted by Gasteiger charge is -2.38. The van der Waals surface area contributed by atoms with Crippen LogP contribution in [0.2, 0.25) is 0 Å². The third-order valence-electron chi connectivity index (χ3n) is 6.16. The summed E-state index contributed by atoms with van der Waals surface area (Å²) in [4.78, 5) is 33.4. The molecular weight excluding hydrogens is 516 g/mol. The number of nitrogens with zero attached hydrogens (tertiary/aromatic N) is 5. The maximum atomic E-state index is 13.1. The molecule has 2 unspecified atom stereocenters. The second-order valence-corrected chi connectivity index (χ2v) is 11.9. The van der Waals surface area contributed by atoms with Gasteiger partial charge in [0.05, 0.1) is 34.0 Å². The van der Waals surface area contributed by atoms with Gasteiger partial charge in [-0.2, -0.15) is 12.6 Å². The number of carbonyl (C=O) groups is 1. The lowest BCUT2D eigenvalue weighted by molar-refractivity contribution is 0.0938. The lowest BCUT2D eigenvalue weighted by Crippen LogP contribution is -2.40. The largest absolute Gasteiger partial charge is 0.403 e. The highest BCUT2D eigenvalue weighted by Crippen LogP contribution is 2.38. The van der Waals surface area contributed by atoms with Gasteiger partial charge in [-0.1, -0.05) is 32.9 Å². The fourth-order valence-corrected chi connectivity index (χ4v) is 5.37. The normalized spacial score (nSPS) is 16.8. The van der Waals surface area contributed by atoms with E-state index in [1.165, 1.54) is 17.5 Å². The Hall–Kier alpha value is -3.44. The van der Waals surface area contributed by atoms with Crippen molar-refractivity contribution in [2.75, 3.05) is 23.8 Å². The molecule has 4 N–H and O–H groups in total. The predicted octanol–water partition coefficient (Wildman–Crippen LogP) is 4.77. The van der Waals surface area contributed by atoms with Crippen molar-refractivity contribution in [1.82, 2.24) is 20.3 Å². The van der Waals surface area contributed by atoms with Gasteiger partial charge in [0.1, 0.15) is 4.88 Å². The van der Waals surface area contributed by atoms with Crippen molar-refractivity contribution >= 4 is 47.7 Å². The summed E-state index contributed by atoms with van der Waals surface area (Å²) in [5.74, 6) is 0.317. The Kier molecular flexibility index (Phi) is 8.37. The Morgan fingerprint density at radius 2 is 2.11 bits per heavy atom. The molecule has 0 saturated carbocycles. The SMILES string of the molecule is CN=CC(=CN)Nc1nccc(-c2ccc3c(c2)N(C(C)S)CCC3NC(=O)c2cnc(C(C)(C)C)s2)n1. The first-order valence-electron chi connectivity index (χ1n) is 12.4. The van der Waals surface area contributed by atoms with E-state index < -0.39 is 0 Å². The van der Waals surface area contributed by atoms with Crippen LogP contribution in [0, 0.1) is 0 Å². The van der Waals surface area contributed by atoms with Crippen LogP contribution in [0.1, 0.15) is 60.4 Å². The third kappa shape index (κ3) is 6.16. The van der Waals surface area contributed by atoms with Gasteiger partial charge in [-0.3, -0.25) is 9.79 Å². The molecule has 1 aliphatic heterocycles. The molecule has 4 rings (SSSR count). The van der Waals surface area contributed by atoms with Gasteiger partial charge in [-0.25, -0.2) is 15.0 Å². The minimum atomic E-state index is -0.122. The maximum absolute atomic E-state index is 13.1. The van der Waals surface area contributed by atoms with Crippen molar-refractivity contribution in [2.45, 2.75) is 50.9 Å². The summed E-state index contributed by atoms with van der Waals surface area (Å²) >= 11 is 6.17. The van der Waals surface area contributed by atoms with Gasteiger partial charge >= 0.3 is 0 Å². The van der Waals surface area contributed by atoms with Crippen LogP contribution in [0.4, 0.5) is 11.6 Å². The minimum absolute atomic E-state index is 0.00435. The molecule has 9 nitrogen and oxygen atoms in total. The first-order valence-corrected chi connectivity index (χ1v) is 13.7. The molecule has 0 saturated heterocycles. The van der Waals surface area contributed by atoms with Crippen molar-refractivity contribution in [3.05, 3.63) is 64.0 Å². The molecule has 1 aliphatic rings. The molecule has 3 heterocycles. The Labute approximate surface area is 233 Å². The Balaban J connectivity index is 1.62. The summed E-state index contributed by atoms with van der Waals surface area (Å²) in [5.41, 5.74) is 9.93. The standard InChI is InChI=1S/C27H34N8OS2/c1-16(37)35-11-9-21(33-24(36)23-15-31-25(38-23)27(2,3)4)19-7-6-17(12-22(19)35)20-8-10-30-26(34-20)32-18(13-28)14-29-5/h6-8,10,12-16,21,37H,9,11,28H2,1-5H3,(H,33,36)(H,30,32,34). The third-order valence-corrected chi connectivity index (χ3v) is 7.86. The molecule has 2 atom stereocenters. The highest BCUT2D eigenvalue weighted by Gasteiger charge is 2.29. The van der Waals surface area contributed by atoms with Crippen molar-refractivity contribution in [3.8, 4) is 11.3 Å². The van der Waals surface area contributed by atoms with Crippen molar-refractivity contribution in [3.63, 3.8) is 0 Å². The zero-order valence-corrected chi connectivity index (χ0v) is 24.0. The number of aliphatic imine (C=N–C) groups is 1. The number of hydrogen-bond acceptors (Lipinski definition) is 10. The zero-order valence-electron chi connectivity index (χ0n) is 22.3. The second-order valence-electron chi connectivity index (χ2n) is 10.1. The number of benzene rings is 1. The van der Waals surface area contributed by atoms with Crippen molar-refractivity contribution in [2.24, 2.45) is 10.7 Å². The maximum Gasteiger partial charge on any atom is 0.263 e. The van der Waals surface area contributed by atoms with E-state index in [1.807, 2.05) is 19.1 Å². The number of thiazole rings is 1. The van der Waals surface area contributed by atoms with Gasteiger partial charge in [0.2, 0.25) is 5.95 Å². The number of carbonyl (C=O) groups excluding carboxylic acids is 1. The molecule has 1 amide bonds. The molecule has 2 aromatic heterocycles. The lowest BCUT2D eigenvalue weighted by atomic mass is 9.94. The van der Waals surface area contributed by atoms with Crippen LogP contribution in [0.25, 0.3) is 11.3 Å². The van der Waals surface area contributed by atoms with Gasteiger partial charge in [0, 0.05) is 48.9 Å². The van der Waals surface area contributed by atoms with E-state index >= 15 is 0 Å². The van der Waals surface area contributed by atoms with Crippen molar-refractivity contribution < 1.29 is 4.79 Å². The van der Waals surface area contributed by atoms with Gasteiger partial charge < -0.3 is 21.3 Å². The molecule has 1 aromatic carbocycles. The molecule has 3 aromatic rings. The topological polar surface area (TPSA) is 121 Å². The summed E-state index contributed by atoms with van der Waals surface area (Å²) in [6, 6.07) is 7.93. The zero-order chi connectivity index (χ0) is 27.4. The van der Waals surface area contributed by atoms with Gasteiger partial charge in [-0.05, 0) is 31.0 Å². The first-order chi connectivity index (χ1) is 18.1. The average Bonchev–Trinajstić information content (AvgIpc) is 3.40. The van der Waals surface area contributed by atoms with E-state index in [2.05, 4.69) is 68.4 Å². The van der Waals surface area contributed by atoms with Gasteiger partial charge in [0.25, 0.3) is 5.91 Å². The number of thiol groups is 1. The smallest absolute Gasteiger partial charge is 0.263 e. The number of fused-ring (bicyclic) bond motifs is 1.